The molecule has 0 aliphatic carbocycles. The third-order valence-electron chi connectivity index (χ3n) is 2.82. The lowest BCUT2D eigenvalue weighted by Crippen LogP contribution is -2.12. The van der Waals surface area contributed by atoms with Gasteiger partial charge in [0, 0.05) is 17.3 Å². The standard InChI is InChI=1S/C13H9BrN4O/c14-12-7-16-10(6-17-12)13(19)18-5-4-8-9(15)2-1-3-11(8)18/h1-7H,15H2. The number of benzene rings is 1. The first-order chi connectivity index (χ1) is 9.16. The van der Waals surface area contributed by atoms with Crippen molar-refractivity contribution >= 4 is 38.4 Å². The van der Waals surface area contributed by atoms with Crippen molar-refractivity contribution in [2.75, 3.05) is 5.73 Å². The van der Waals surface area contributed by atoms with Gasteiger partial charge in [-0.3, -0.25) is 9.36 Å². The summed E-state index contributed by atoms with van der Waals surface area (Å²) in [5.41, 5.74) is 7.55. The second-order valence-electron chi connectivity index (χ2n) is 4.00. The molecule has 0 radical (unpaired) electrons. The molecule has 94 valence electrons. The molecule has 19 heavy (non-hydrogen) atoms. The van der Waals surface area contributed by atoms with Gasteiger partial charge < -0.3 is 5.73 Å². The van der Waals surface area contributed by atoms with Crippen LogP contribution in [-0.2, 0) is 0 Å². The van der Waals surface area contributed by atoms with E-state index in [0.717, 1.165) is 10.9 Å². The molecule has 0 saturated heterocycles. The molecule has 2 aromatic heterocycles. The summed E-state index contributed by atoms with van der Waals surface area (Å²) >= 11 is 3.18. The van der Waals surface area contributed by atoms with E-state index in [1.807, 2.05) is 18.2 Å². The molecule has 0 unspecified atom stereocenters. The lowest BCUT2D eigenvalue weighted by Gasteiger charge is -2.04. The number of nitrogens with zero attached hydrogens (tertiary/aromatic N) is 3. The fourth-order valence-corrected chi connectivity index (χ4v) is 2.12. The molecule has 6 heteroatoms. The van der Waals surface area contributed by atoms with E-state index in [1.54, 1.807) is 12.3 Å². The lowest BCUT2D eigenvalue weighted by molar-refractivity contribution is 0.0959. The van der Waals surface area contributed by atoms with Crippen LogP contribution in [-0.4, -0.2) is 20.4 Å². The Morgan fingerprint density at radius 3 is 2.79 bits per heavy atom. The van der Waals surface area contributed by atoms with Gasteiger partial charge in [0.15, 0.2) is 0 Å². The molecular weight excluding hydrogens is 308 g/mol. The van der Waals surface area contributed by atoms with Gasteiger partial charge >= 0.3 is 0 Å². The summed E-state index contributed by atoms with van der Waals surface area (Å²) in [5.74, 6) is -0.236. The van der Waals surface area contributed by atoms with Gasteiger partial charge in [0.1, 0.15) is 10.3 Å². The van der Waals surface area contributed by atoms with Crippen LogP contribution in [0.1, 0.15) is 10.5 Å². The molecule has 0 bridgehead atoms. The molecule has 0 aliphatic rings. The summed E-state index contributed by atoms with van der Waals surface area (Å²) in [6.07, 6.45) is 4.62. The fourth-order valence-electron chi connectivity index (χ4n) is 1.91. The van der Waals surface area contributed by atoms with E-state index >= 15 is 0 Å². The van der Waals surface area contributed by atoms with Gasteiger partial charge in [-0.05, 0) is 34.1 Å². The molecule has 1 aromatic carbocycles. The van der Waals surface area contributed by atoms with Gasteiger partial charge in [-0.2, -0.15) is 0 Å². The molecule has 0 amide bonds. The minimum atomic E-state index is -0.236. The smallest absolute Gasteiger partial charge is 0.282 e. The van der Waals surface area contributed by atoms with Gasteiger partial charge in [-0.15, -0.1) is 0 Å². The molecule has 2 N–H and O–H groups in total. The Morgan fingerprint density at radius 2 is 2.05 bits per heavy atom. The number of aromatic nitrogens is 3. The maximum atomic E-state index is 12.3. The average molecular weight is 317 g/mol. The monoisotopic (exact) mass is 316 g/mol. The SMILES string of the molecule is Nc1cccc2c1ccn2C(=O)c1cnc(Br)cn1. The number of rotatable bonds is 1. The highest BCUT2D eigenvalue weighted by molar-refractivity contribution is 9.10. The van der Waals surface area contributed by atoms with Crippen LogP contribution in [0.2, 0.25) is 0 Å². The summed E-state index contributed by atoms with van der Waals surface area (Å²) in [6.45, 7) is 0. The van der Waals surface area contributed by atoms with Crippen LogP contribution in [0.5, 0.6) is 0 Å². The van der Waals surface area contributed by atoms with Crippen molar-refractivity contribution in [1.82, 2.24) is 14.5 Å². The number of hydrogen-bond acceptors (Lipinski definition) is 4. The summed E-state index contributed by atoms with van der Waals surface area (Å²) in [6, 6.07) is 7.27. The van der Waals surface area contributed by atoms with Crippen molar-refractivity contribution in [2.45, 2.75) is 0 Å². The lowest BCUT2D eigenvalue weighted by atomic mass is 10.2. The Labute approximate surface area is 117 Å². The van der Waals surface area contributed by atoms with Gasteiger partial charge in [-0.25, -0.2) is 9.97 Å². The maximum Gasteiger partial charge on any atom is 0.282 e. The topological polar surface area (TPSA) is 73.8 Å². The van der Waals surface area contributed by atoms with Crippen molar-refractivity contribution in [3.63, 3.8) is 0 Å². The Balaban J connectivity index is 2.12. The van der Waals surface area contributed by atoms with Crippen LogP contribution in [0.3, 0.4) is 0 Å². The molecular formula is C13H9BrN4O. The summed E-state index contributed by atoms with van der Waals surface area (Å²) < 4.78 is 2.11. The van der Waals surface area contributed by atoms with E-state index in [-0.39, 0.29) is 11.6 Å². The van der Waals surface area contributed by atoms with E-state index in [4.69, 9.17) is 5.73 Å². The van der Waals surface area contributed by atoms with Crippen LogP contribution in [0.15, 0.2) is 47.5 Å². The number of hydrogen-bond donors (Lipinski definition) is 1. The highest BCUT2D eigenvalue weighted by Crippen LogP contribution is 2.22. The Kier molecular flexibility index (Phi) is 2.79. The normalized spacial score (nSPS) is 10.8. The van der Waals surface area contributed by atoms with Crippen molar-refractivity contribution in [1.29, 1.82) is 0 Å². The van der Waals surface area contributed by atoms with Crippen molar-refractivity contribution in [2.24, 2.45) is 0 Å². The number of nitrogen functional groups attached to an aromatic ring is 1. The third-order valence-corrected chi connectivity index (χ3v) is 3.23. The van der Waals surface area contributed by atoms with Gasteiger partial charge in [0.25, 0.3) is 5.91 Å². The first-order valence-corrected chi connectivity index (χ1v) is 6.34. The molecule has 0 spiro atoms. The molecule has 0 atom stereocenters. The highest BCUT2D eigenvalue weighted by atomic mass is 79.9. The Morgan fingerprint density at radius 1 is 1.21 bits per heavy atom. The van der Waals surface area contributed by atoms with E-state index in [0.29, 0.717) is 10.3 Å². The maximum absolute atomic E-state index is 12.3. The number of carbonyl (C=O) groups is 1. The van der Waals surface area contributed by atoms with Crippen molar-refractivity contribution in [3.05, 3.63) is 53.2 Å². The van der Waals surface area contributed by atoms with Crippen LogP contribution in [0.4, 0.5) is 5.69 Å². The van der Waals surface area contributed by atoms with Gasteiger partial charge in [0.05, 0.1) is 17.9 Å². The molecule has 3 rings (SSSR count). The number of anilines is 1. The molecule has 0 fully saturated rings. The number of halogens is 1. The van der Waals surface area contributed by atoms with Crippen LogP contribution in [0.25, 0.3) is 10.9 Å². The predicted molar refractivity (Wildman–Crippen MR) is 75.8 cm³/mol. The largest absolute Gasteiger partial charge is 0.398 e. The summed E-state index contributed by atoms with van der Waals surface area (Å²) in [5, 5.41) is 0.848. The second-order valence-corrected chi connectivity index (χ2v) is 4.81. The summed E-state index contributed by atoms with van der Waals surface area (Å²) in [7, 11) is 0. The van der Waals surface area contributed by atoms with Crippen molar-refractivity contribution in [3.8, 4) is 0 Å². The molecule has 5 nitrogen and oxygen atoms in total. The Hall–Kier alpha value is -2.21. The highest BCUT2D eigenvalue weighted by Gasteiger charge is 2.13. The van der Waals surface area contributed by atoms with Crippen molar-refractivity contribution < 1.29 is 4.79 Å². The zero-order valence-electron chi connectivity index (χ0n) is 9.75. The molecule has 0 saturated carbocycles. The number of nitrogens with two attached hydrogens (primary N) is 1. The molecule has 2 heterocycles. The third kappa shape index (κ3) is 2.00. The van der Waals surface area contributed by atoms with E-state index in [1.165, 1.54) is 17.0 Å². The predicted octanol–water partition coefficient (Wildman–Crippen LogP) is 2.46. The van der Waals surface area contributed by atoms with Crippen LogP contribution >= 0.6 is 15.9 Å². The minimum Gasteiger partial charge on any atom is -0.398 e. The number of fused-ring (bicyclic) bond motifs is 1. The van der Waals surface area contributed by atoms with E-state index in [9.17, 15) is 4.79 Å². The molecule has 0 aliphatic heterocycles. The number of carbonyl (C=O) groups excluding carboxylic acids is 1. The Bertz CT molecular complexity index is 764. The average Bonchev–Trinajstić information content (AvgIpc) is 2.84. The second kappa shape index (κ2) is 4.47. The van der Waals surface area contributed by atoms with Crippen LogP contribution in [0, 0.1) is 0 Å². The first kappa shape index (κ1) is 11.9. The van der Waals surface area contributed by atoms with Crippen LogP contribution < -0.4 is 5.73 Å². The van der Waals surface area contributed by atoms with E-state index in [2.05, 4.69) is 25.9 Å². The van der Waals surface area contributed by atoms with Gasteiger partial charge in [0.2, 0.25) is 0 Å². The minimum absolute atomic E-state index is 0.236. The summed E-state index contributed by atoms with van der Waals surface area (Å²) in [4.78, 5) is 20.4. The quantitative estimate of drug-likeness (QED) is 0.700. The molecule has 3 aromatic rings. The first-order valence-electron chi connectivity index (χ1n) is 5.54. The zero-order chi connectivity index (χ0) is 13.4. The fraction of sp³-hybridized carbons (Fsp3) is 0. The van der Waals surface area contributed by atoms with E-state index < -0.39 is 0 Å². The van der Waals surface area contributed by atoms with Gasteiger partial charge in [-0.1, -0.05) is 6.07 Å². The zero-order valence-corrected chi connectivity index (χ0v) is 11.3.